The van der Waals surface area contributed by atoms with Gasteiger partial charge in [0.1, 0.15) is 0 Å². The van der Waals surface area contributed by atoms with E-state index in [9.17, 15) is 9.90 Å². The Labute approximate surface area is 79.6 Å². The van der Waals surface area contributed by atoms with E-state index in [1.165, 1.54) is 24.3 Å². The van der Waals surface area contributed by atoms with Gasteiger partial charge in [-0.3, -0.25) is 0 Å². The standard InChI is InChI=1S/C7H6O3.Cu.H2O/c8-6-4-2-1-3-5(6)7(9)10;;/h1-4,8H,(H,9,10);;1H2/q;+1;/p-1. The summed E-state index contributed by atoms with van der Waals surface area (Å²) in [6.45, 7) is 0. The van der Waals surface area contributed by atoms with Crippen LogP contribution in [0.1, 0.15) is 10.4 Å². The molecule has 12 heavy (non-hydrogen) atoms. The molecule has 0 unspecified atom stereocenters. The number of aromatic carboxylic acids is 1. The van der Waals surface area contributed by atoms with Crippen molar-refractivity contribution >= 4 is 5.97 Å². The molecular weight excluding hydrogens is 212 g/mol. The first-order valence-corrected chi connectivity index (χ1v) is 2.71. The SMILES string of the molecule is O.O=C(O)c1ccccc1[O-].[Cu+]. The minimum Gasteiger partial charge on any atom is -0.872 e. The Kier molecular flexibility index (Phi) is 6.32. The number of carboxylic acid groups (broad SMARTS) is 1. The first-order valence-electron chi connectivity index (χ1n) is 2.71. The average Bonchev–Trinajstić information content (AvgIpc) is 1.88. The van der Waals surface area contributed by atoms with Crippen molar-refractivity contribution in [3.05, 3.63) is 29.8 Å². The first kappa shape index (κ1) is 13.6. The number of hydrogen-bond acceptors (Lipinski definition) is 2. The maximum absolute atomic E-state index is 10.7. The maximum Gasteiger partial charge on any atom is 1.00 e. The molecule has 0 radical (unpaired) electrons. The summed E-state index contributed by atoms with van der Waals surface area (Å²) in [7, 11) is 0. The van der Waals surface area contributed by atoms with Crippen LogP contribution in [-0.2, 0) is 17.1 Å². The van der Waals surface area contributed by atoms with E-state index in [1.54, 1.807) is 0 Å². The second-order valence-electron chi connectivity index (χ2n) is 1.80. The van der Waals surface area contributed by atoms with Crippen molar-refractivity contribution in [2.24, 2.45) is 0 Å². The molecule has 0 amide bonds. The second kappa shape index (κ2) is 5.60. The van der Waals surface area contributed by atoms with Gasteiger partial charge >= 0.3 is 23.0 Å². The zero-order valence-electron chi connectivity index (χ0n) is 5.87. The molecule has 0 saturated carbocycles. The Morgan fingerprint density at radius 3 is 2.17 bits per heavy atom. The van der Waals surface area contributed by atoms with Gasteiger partial charge in [0.05, 0.1) is 5.56 Å². The summed E-state index contributed by atoms with van der Waals surface area (Å²) in [5, 5.41) is 19.0. The molecule has 4 nitrogen and oxygen atoms in total. The Morgan fingerprint density at radius 2 is 1.83 bits per heavy atom. The van der Waals surface area contributed by atoms with Gasteiger partial charge in [-0.25, -0.2) is 4.79 Å². The van der Waals surface area contributed by atoms with Crippen LogP contribution in [0.4, 0.5) is 0 Å². The van der Waals surface area contributed by atoms with Crippen molar-refractivity contribution in [1.82, 2.24) is 0 Å². The molecular formula is C7H7CuO4. The molecule has 3 N–H and O–H groups in total. The Bertz CT molecular complexity index is 261. The first-order chi connectivity index (χ1) is 4.72. The number of rotatable bonds is 1. The third-order valence-corrected chi connectivity index (χ3v) is 1.12. The minimum atomic E-state index is -1.18. The number of benzene rings is 1. The van der Waals surface area contributed by atoms with Gasteiger partial charge in [0, 0.05) is 0 Å². The van der Waals surface area contributed by atoms with Gasteiger partial charge in [-0.15, -0.1) is 0 Å². The summed E-state index contributed by atoms with van der Waals surface area (Å²) >= 11 is 0. The van der Waals surface area contributed by atoms with Gasteiger partial charge in [0.15, 0.2) is 0 Å². The van der Waals surface area contributed by atoms with Gasteiger partial charge in [-0.2, -0.15) is 0 Å². The van der Waals surface area contributed by atoms with Crippen LogP contribution in [0, 0.1) is 0 Å². The van der Waals surface area contributed by atoms with E-state index in [0.717, 1.165) is 0 Å². The molecule has 1 aromatic carbocycles. The average molecular weight is 219 g/mol. The fourth-order valence-corrected chi connectivity index (χ4v) is 0.643. The topological polar surface area (TPSA) is 91.9 Å². The molecule has 70 valence electrons. The van der Waals surface area contributed by atoms with Gasteiger partial charge in [-0.1, -0.05) is 23.9 Å². The summed E-state index contributed by atoms with van der Waals surface area (Å²) in [5.74, 6) is -1.62. The molecule has 0 aliphatic rings. The molecule has 0 bridgehead atoms. The predicted molar refractivity (Wildman–Crippen MR) is 36.5 cm³/mol. The Morgan fingerprint density at radius 1 is 1.33 bits per heavy atom. The molecule has 0 fully saturated rings. The van der Waals surface area contributed by atoms with Crippen molar-refractivity contribution in [3.8, 4) is 5.75 Å². The molecule has 0 spiro atoms. The van der Waals surface area contributed by atoms with Crippen molar-refractivity contribution < 1.29 is 37.6 Å². The van der Waals surface area contributed by atoms with Gasteiger partial charge in [0.2, 0.25) is 0 Å². The molecule has 0 aliphatic heterocycles. The predicted octanol–water partition coefficient (Wildman–Crippen LogP) is -0.369. The quantitative estimate of drug-likeness (QED) is 0.652. The van der Waals surface area contributed by atoms with E-state index < -0.39 is 11.7 Å². The number of hydrogen-bond donors (Lipinski definition) is 1. The third-order valence-electron chi connectivity index (χ3n) is 1.12. The zero-order valence-corrected chi connectivity index (χ0v) is 6.82. The van der Waals surface area contributed by atoms with E-state index in [-0.39, 0.29) is 28.1 Å². The van der Waals surface area contributed by atoms with Gasteiger partial charge in [0.25, 0.3) is 0 Å². The van der Waals surface area contributed by atoms with Gasteiger partial charge < -0.3 is 15.7 Å². The van der Waals surface area contributed by atoms with Crippen LogP contribution < -0.4 is 5.11 Å². The molecule has 0 aromatic heterocycles. The van der Waals surface area contributed by atoms with Gasteiger partial charge in [-0.05, 0) is 6.07 Å². The fourth-order valence-electron chi connectivity index (χ4n) is 0.643. The summed E-state index contributed by atoms with van der Waals surface area (Å²) in [6, 6.07) is 5.54. The van der Waals surface area contributed by atoms with E-state index in [0.29, 0.717) is 0 Å². The van der Waals surface area contributed by atoms with E-state index in [1.807, 2.05) is 0 Å². The monoisotopic (exact) mass is 218 g/mol. The molecule has 1 aromatic rings. The molecule has 1 rings (SSSR count). The van der Waals surface area contributed by atoms with Crippen LogP contribution in [0.2, 0.25) is 0 Å². The van der Waals surface area contributed by atoms with E-state index >= 15 is 0 Å². The zero-order chi connectivity index (χ0) is 7.56. The molecule has 0 heterocycles. The number of carboxylic acids is 1. The van der Waals surface area contributed by atoms with Crippen molar-refractivity contribution in [3.63, 3.8) is 0 Å². The minimum absolute atomic E-state index is 0. The van der Waals surface area contributed by atoms with Crippen LogP contribution in [0.25, 0.3) is 0 Å². The van der Waals surface area contributed by atoms with E-state index in [2.05, 4.69) is 0 Å². The maximum atomic E-state index is 10.7. The normalized spacial score (nSPS) is 7.67. The van der Waals surface area contributed by atoms with Crippen LogP contribution in [-0.4, -0.2) is 16.6 Å². The molecule has 0 aliphatic carbocycles. The van der Waals surface area contributed by atoms with Crippen molar-refractivity contribution in [2.45, 2.75) is 0 Å². The van der Waals surface area contributed by atoms with Crippen LogP contribution in [0.5, 0.6) is 5.75 Å². The fraction of sp³-hybridized carbons (Fsp3) is 0. The molecule has 0 saturated heterocycles. The number of para-hydroxylation sites is 1. The molecule has 0 atom stereocenters. The van der Waals surface area contributed by atoms with Crippen molar-refractivity contribution in [1.29, 1.82) is 0 Å². The molecule has 5 heteroatoms. The van der Waals surface area contributed by atoms with Crippen LogP contribution in [0.3, 0.4) is 0 Å². The largest absolute Gasteiger partial charge is 1.00 e. The Hall–Kier alpha value is -1.03. The van der Waals surface area contributed by atoms with Crippen LogP contribution >= 0.6 is 0 Å². The number of carbonyl (C=O) groups is 1. The summed E-state index contributed by atoms with van der Waals surface area (Å²) < 4.78 is 0. The third kappa shape index (κ3) is 2.92. The summed E-state index contributed by atoms with van der Waals surface area (Å²) in [6.07, 6.45) is 0. The van der Waals surface area contributed by atoms with E-state index in [4.69, 9.17) is 5.11 Å². The Balaban J connectivity index is 0. The van der Waals surface area contributed by atoms with Crippen LogP contribution in [0.15, 0.2) is 24.3 Å². The van der Waals surface area contributed by atoms with Crippen molar-refractivity contribution in [2.75, 3.05) is 0 Å². The smallest absolute Gasteiger partial charge is 0.872 e. The second-order valence-corrected chi connectivity index (χ2v) is 1.80. The summed E-state index contributed by atoms with van der Waals surface area (Å²) in [5.41, 5.74) is -0.178. The summed E-state index contributed by atoms with van der Waals surface area (Å²) in [4.78, 5) is 10.2.